The number of ketones is 2. The summed E-state index contributed by atoms with van der Waals surface area (Å²) in [6, 6.07) is 12.1. The number of halogens is 1. The van der Waals surface area contributed by atoms with Crippen molar-refractivity contribution in [2.75, 3.05) is 18.2 Å². The molecule has 4 fully saturated rings. The zero-order valence-electron chi connectivity index (χ0n) is 23.5. The molecule has 3 saturated carbocycles. The molecule has 4 aliphatic carbocycles. The van der Waals surface area contributed by atoms with E-state index in [1.165, 1.54) is 17.0 Å². The number of rotatable bonds is 4. The van der Waals surface area contributed by atoms with Gasteiger partial charge < -0.3 is 10.2 Å². The fraction of sp³-hybridized carbons (Fsp3) is 0.515. The summed E-state index contributed by atoms with van der Waals surface area (Å²) in [6.45, 7) is 5.86. The van der Waals surface area contributed by atoms with Gasteiger partial charge in [-0.3, -0.25) is 19.5 Å². The molecular formula is C33H36FNO5S. The topological polar surface area (TPSA) is 87.1 Å². The first-order valence-electron chi connectivity index (χ1n) is 14.5. The number of hydrogen-bond acceptors (Lipinski definition) is 7. The number of benzene rings is 1. The highest BCUT2D eigenvalue weighted by Crippen LogP contribution is 2.76. The summed E-state index contributed by atoms with van der Waals surface area (Å²) in [4.78, 5) is 33.9. The van der Waals surface area contributed by atoms with Crippen molar-refractivity contribution < 1.29 is 29.0 Å². The summed E-state index contributed by atoms with van der Waals surface area (Å²) in [5.41, 5.74) is -1.17. The van der Waals surface area contributed by atoms with E-state index in [-0.39, 0.29) is 42.2 Å². The second-order valence-electron chi connectivity index (χ2n) is 13.4. The predicted octanol–water partition coefficient (Wildman–Crippen LogP) is 5.31. The quantitative estimate of drug-likeness (QED) is 0.512. The highest BCUT2D eigenvalue weighted by Gasteiger charge is 2.79. The maximum atomic E-state index is 15.9. The third-order valence-corrected chi connectivity index (χ3v) is 12.7. The molecule has 216 valence electrons. The number of hydrogen-bond donors (Lipinski definition) is 2. The molecule has 1 saturated heterocycles. The van der Waals surface area contributed by atoms with E-state index < -0.39 is 40.7 Å². The number of hydroxylamine groups is 1. The second kappa shape index (κ2) is 8.93. The average Bonchev–Trinajstić information content (AvgIpc) is 3.65. The van der Waals surface area contributed by atoms with E-state index in [2.05, 4.69) is 13.0 Å². The van der Waals surface area contributed by atoms with Crippen LogP contribution in [0.4, 0.5) is 10.1 Å². The number of alkyl halides is 1. The molecule has 9 atom stereocenters. The highest BCUT2D eigenvalue weighted by atomic mass is 32.1. The molecule has 0 spiro atoms. The van der Waals surface area contributed by atoms with Crippen LogP contribution in [0.2, 0.25) is 0 Å². The van der Waals surface area contributed by atoms with Crippen LogP contribution in [0.1, 0.15) is 40.0 Å². The largest absolute Gasteiger partial charge is 0.393 e. The summed E-state index contributed by atoms with van der Waals surface area (Å²) in [5, 5.41) is 26.0. The van der Waals surface area contributed by atoms with Crippen LogP contribution in [0.3, 0.4) is 0 Å². The van der Waals surface area contributed by atoms with E-state index in [1.807, 2.05) is 49.6 Å². The Kier molecular flexibility index (Phi) is 5.92. The van der Waals surface area contributed by atoms with Gasteiger partial charge in [-0.1, -0.05) is 45.0 Å². The van der Waals surface area contributed by atoms with Gasteiger partial charge in [-0.05, 0) is 77.5 Å². The molecule has 0 bridgehead atoms. The lowest BCUT2D eigenvalue weighted by Crippen LogP contribution is -2.67. The smallest absolute Gasteiger partial charge is 0.193 e. The van der Waals surface area contributed by atoms with Crippen molar-refractivity contribution in [1.82, 2.24) is 0 Å². The van der Waals surface area contributed by atoms with E-state index >= 15 is 4.39 Å². The van der Waals surface area contributed by atoms with Crippen molar-refractivity contribution in [3.05, 3.63) is 65.6 Å². The number of allylic oxidation sites excluding steroid dienone is 4. The molecule has 41 heavy (non-hydrogen) atoms. The first kappa shape index (κ1) is 27.2. The molecule has 6 nitrogen and oxygen atoms in total. The SMILES string of the molecule is CC12C=CC(=O)C=C1C(F)CC1C2C(O)CC2(C)C1(C)CC1CN(c3ccc(-c4cccs4)cc3)OC12C(=O)CO. The lowest BCUT2D eigenvalue weighted by atomic mass is 9.41. The summed E-state index contributed by atoms with van der Waals surface area (Å²) in [6.07, 6.45) is 3.59. The summed E-state index contributed by atoms with van der Waals surface area (Å²) < 4.78 is 15.9. The Balaban J connectivity index is 1.27. The maximum absolute atomic E-state index is 15.9. The van der Waals surface area contributed by atoms with Crippen LogP contribution in [0.5, 0.6) is 0 Å². The van der Waals surface area contributed by atoms with Crippen molar-refractivity contribution in [2.24, 2.45) is 34.0 Å². The minimum atomic E-state index is -1.35. The summed E-state index contributed by atoms with van der Waals surface area (Å²) in [7, 11) is 0. The van der Waals surface area contributed by atoms with Crippen LogP contribution in [0.25, 0.3) is 10.4 Å². The average molecular weight is 578 g/mol. The number of fused-ring (bicyclic) bond motifs is 7. The molecule has 1 aliphatic heterocycles. The maximum Gasteiger partial charge on any atom is 0.193 e. The number of carbonyl (C=O) groups excluding carboxylic acids is 2. The van der Waals surface area contributed by atoms with Gasteiger partial charge in [-0.2, -0.15) is 0 Å². The Bertz CT molecular complexity index is 1470. The van der Waals surface area contributed by atoms with Crippen LogP contribution in [-0.4, -0.2) is 52.8 Å². The fourth-order valence-electron chi connectivity index (χ4n) is 9.80. The van der Waals surface area contributed by atoms with Crippen molar-refractivity contribution in [3.8, 4) is 10.4 Å². The molecule has 2 heterocycles. The van der Waals surface area contributed by atoms with Gasteiger partial charge in [0.15, 0.2) is 17.2 Å². The first-order chi connectivity index (χ1) is 19.5. The zero-order chi connectivity index (χ0) is 28.9. The molecule has 7 rings (SSSR count). The van der Waals surface area contributed by atoms with E-state index in [0.717, 1.165) is 11.3 Å². The Morgan fingerprint density at radius 2 is 1.93 bits per heavy atom. The lowest BCUT2D eigenvalue weighted by Gasteiger charge is -2.64. The number of nitrogens with zero attached hydrogens (tertiary/aromatic N) is 1. The van der Waals surface area contributed by atoms with Crippen molar-refractivity contribution >= 4 is 28.6 Å². The van der Waals surface area contributed by atoms with Gasteiger partial charge in [-0.15, -0.1) is 11.3 Å². The highest BCUT2D eigenvalue weighted by molar-refractivity contribution is 7.13. The number of aliphatic hydroxyl groups excluding tert-OH is 2. The molecular weight excluding hydrogens is 541 g/mol. The molecule has 2 aromatic rings. The Morgan fingerprint density at radius 3 is 2.61 bits per heavy atom. The van der Waals surface area contributed by atoms with Gasteiger partial charge >= 0.3 is 0 Å². The van der Waals surface area contributed by atoms with Gasteiger partial charge in [-0.25, -0.2) is 4.39 Å². The summed E-state index contributed by atoms with van der Waals surface area (Å²) >= 11 is 1.67. The molecule has 0 radical (unpaired) electrons. The van der Waals surface area contributed by atoms with Crippen LogP contribution >= 0.6 is 11.3 Å². The number of anilines is 1. The number of aliphatic hydroxyl groups is 2. The van der Waals surface area contributed by atoms with E-state index in [0.29, 0.717) is 18.5 Å². The zero-order valence-corrected chi connectivity index (χ0v) is 24.4. The van der Waals surface area contributed by atoms with Crippen LogP contribution < -0.4 is 5.06 Å². The number of carbonyl (C=O) groups is 2. The second-order valence-corrected chi connectivity index (χ2v) is 14.3. The molecule has 2 N–H and O–H groups in total. The van der Waals surface area contributed by atoms with Crippen molar-refractivity contribution in [3.63, 3.8) is 0 Å². The third-order valence-electron chi connectivity index (χ3n) is 11.8. The first-order valence-corrected chi connectivity index (χ1v) is 15.4. The van der Waals surface area contributed by atoms with Gasteiger partial charge in [0.2, 0.25) is 0 Å². The van der Waals surface area contributed by atoms with E-state index in [4.69, 9.17) is 4.84 Å². The normalized spacial score (nSPS) is 42.8. The monoisotopic (exact) mass is 577 g/mol. The number of Topliss-reactive ketones (excluding diaryl/α,β-unsaturated/α-hetero) is 1. The van der Waals surface area contributed by atoms with Crippen molar-refractivity contribution in [2.45, 2.75) is 57.9 Å². The minimum Gasteiger partial charge on any atom is -0.393 e. The Hall–Kier alpha value is -2.65. The molecule has 1 aromatic carbocycles. The molecule has 5 aliphatic rings. The Labute approximate surface area is 243 Å². The Morgan fingerprint density at radius 1 is 1.17 bits per heavy atom. The van der Waals surface area contributed by atoms with Gasteiger partial charge in [0.25, 0.3) is 0 Å². The third kappa shape index (κ3) is 3.39. The fourth-order valence-corrected chi connectivity index (χ4v) is 10.5. The van der Waals surface area contributed by atoms with Gasteiger partial charge in [0.1, 0.15) is 12.8 Å². The minimum absolute atomic E-state index is 0.181. The summed E-state index contributed by atoms with van der Waals surface area (Å²) in [5.74, 6) is -1.41. The standard InChI is InChI=1S/C33H36FNO5S/c1-30-11-10-22(37)13-23(30)25(34)14-24-29(30)26(38)16-32(3)31(24,2)15-20-17-35(40-33(20,32)28(39)18-36)21-8-6-19(7-9-21)27-5-4-12-41-27/h4-13,20,24-26,29,36,38H,14-18H2,1-3H3. The molecule has 9 unspecified atom stereocenters. The molecule has 8 heteroatoms. The van der Waals surface area contributed by atoms with Gasteiger partial charge in [0.05, 0.1) is 18.3 Å². The lowest BCUT2D eigenvalue weighted by molar-refractivity contribution is -0.216. The van der Waals surface area contributed by atoms with Crippen LogP contribution in [0.15, 0.2) is 65.6 Å². The molecule has 1 aromatic heterocycles. The van der Waals surface area contributed by atoms with Crippen molar-refractivity contribution in [1.29, 1.82) is 0 Å². The van der Waals surface area contributed by atoms with Gasteiger partial charge in [0, 0.05) is 27.5 Å². The van der Waals surface area contributed by atoms with Crippen LogP contribution in [-0.2, 0) is 14.4 Å². The van der Waals surface area contributed by atoms with Crippen LogP contribution in [0, 0.1) is 34.0 Å². The molecule has 0 amide bonds. The van der Waals surface area contributed by atoms with E-state index in [1.54, 1.807) is 22.5 Å². The predicted molar refractivity (Wildman–Crippen MR) is 155 cm³/mol. The number of thiophene rings is 1. The van der Waals surface area contributed by atoms with E-state index in [9.17, 15) is 19.8 Å².